The molecular weight excluding hydrogens is 221 g/mol. The third-order valence-electron chi connectivity index (χ3n) is 3.28. The lowest BCUT2D eigenvalue weighted by Crippen LogP contribution is -2.23. The van der Waals surface area contributed by atoms with E-state index in [0.29, 0.717) is 12.5 Å². The molecule has 0 aromatic heterocycles. The number of benzene rings is 1. The van der Waals surface area contributed by atoms with Gasteiger partial charge in [-0.05, 0) is 56.0 Å². The standard InChI is InChI=1S/C13H16FNO2/c1-8-11(13(16)17)6-9(7-12(8)14)5-10-3-2-4-15-10/h6-7,10,15H,2-5H2,1H3,(H,16,17). The summed E-state index contributed by atoms with van der Waals surface area (Å²) < 4.78 is 13.6. The lowest BCUT2D eigenvalue weighted by molar-refractivity contribution is 0.0695. The SMILES string of the molecule is Cc1c(F)cc(CC2CCCN2)cc1C(=O)O. The number of rotatable bonds is 3. The Labute approximate surface area is 99.7 Å². The minimum Gasteiger partial charge on any atom is -0.478 e. The van der Waals surface area contributed by atoms with Gasteiger partial charge in [0.15, 0.2) is 0 Å². The second-order valence-electron chi connectivity index (χ2n) is 4.55. The average Bonchev–Trinajstić information content (AvgIpc) is 2.75. The molecule has 3 nitrogen and oxygen atoms in total. The van der Waals surface area contributed by atoms with Gasteiger partial charge >= 0.3 is 5.97 Å². The van der Waals surface area contributed by atoms with Gasteiger partial charge in [0.25, 0.3) is 0 Å². The molecule has 1 heterocycles. The van der Waals surface area contributed by atoms with E-state index in [-0.39, 0.29) is 11.1 Å². The second kappa shape index (κ2) is 4.84. The van der Waals surface area contributed by atoms with Gasteiger partial charge in [-0.25, -0.2) is 9.18 Å². The molecule has 1 fully saturated rings. The lowest BCUT2D eigenvalue weighted by atomic mass is 9.99. The molecule has 2 N–H and O–H groups in total. The van der Waals surface area contributed by atoms with Crippen LogP contribution in [0.15, 0.2) is 12.1 Å². The molecule has 1 saturated heterocycles. The molecule has 17 heavy (non-hydrogen) atoms. The summed E-state index contributed by atoms with van der Waals surface area (Å²) in [5, 5.41) is 12.3. The molecule has 1 aromatic rings. The molecule has 0 bridgehead atoms. The molecule has 2 rings (SSSR count). The highest BCUT2D eigenvalue weighted by Crippen LogP contribution is 2.19. The Morgan fingerprint density at radius 3 is 2.94 bits per heavy atom. The van der Waals surface area contributed by atoms with Crippen LogP contribution in [0, 0.1) is 12.7 Å². The maximum Gasteiger partial charge on any atom is 0.336 e. The van der Waals surface area contributed by atoms with Crippen molar-refractivity contribution in [3.63, 3.8) is 0 Å². The van der Waals surface area contributed by atoms with Crippen molar-refractivity contribution in [3.05, 3.63) is 34.6 Å². The van der Waals surface area contributed by atoms with Crippen LogP contribution < -0.4 is 5.32 Å². The predicted octanol–water partition coefficient (Wildman–Crippen LogP) is 2.13. The predicted molar refractivity (Wildman–Crippen MR) is 62.8 cm³/mol. The van der Waals surface area contributed by atoms with E-state index in [9.17, 15) is 9.18 Å². The van der Waals surface area contributed by atoms with Crippen molar-refractivity contribution in [2.24, 2.45) is 0 Å². The van der Waals surface area contributed by atoms with Gasteiger partial charge in [0.1, 0.15) is 5.82 Å². The smallest absolute Gasteiger partial charge is 0.336 e. The number of halogens is 1. The largest absolute Gasteiger partial charge is 0.478 e. The number of carboxylic acid groups (broad SMARTS) is 1. The van der Waals surface area contributed by atoms with E-state index in [0.717, 1.165) is 24.9 Å². The highest BCUT2D eigenvalue weighted by Gasteiger charge is 2.17. The zero-order valence-electron chi connectivity index (χ0n) is 9.79. The van der Waals surface area contributed by atoms with E-state index in [1.165, 1.54) is 13.0 Å². The van der Waals surface area contributed by atoms with Crippen LogP contribution in [0.2, 0.25) is 0 Å². The molecule has 1 atom stereocenters. The molecule has 1 aliphatic heterocycles. The van der Waals surface area contributed by atoms with Gasteiger partial charge in [0.2, 0.25) is 0 Å². The Morgan fingerprint density at radius 2 is 2.35 bits per heavy atom. The monoisotopic (exact) mass is 237 g/mol. The van der Waals surface area contributed by atoms with Gasteiger partial charge in [-0.2, -0.15) is 0 Å². The molecule has 0 amide bonds. The minimum atomic E-state index is -1.07. The van der Waals surface area contributed by atoms with Crippen molar-refractivity contribution in [1.82, 2.24) is 5.32 Å². The fraction of sp³-hybridized carbons (Fsp3) is 0.462. The van der Waals surface area contributed by atoms with E-state index in [1.54, 1.807) is 6.07 Å². The summed E-state index contributed by atoms with van der Waals surface area (Å²) in [6.07, 6.45) is 2.89. The minimum absolute atomic E-state index is 0.0676. The topological polar surface area (TPSA) is 49.3 Å². The van der Waals surface area contributed by atoms with E-state index in [2.05, 4.69) is 5.32 Å². The zero-order chi connectivity index (χ0) is 12.4. The molecule has 1 aliphatic rings. The summed E-state index contributed by atoms with van der Waals surface area (Å²) in [4.78, 5) is 11.0. The Kier molecular flexibility index (Phi) is 3.43. The molecule has 4 heteroatoms. The summed E-state index contributed by atoms with van der Waals surface area (Å²) in [6, 6.07) is 3.38. The maximum absolute atomic E-state index is 13.6. The van der Waals surface area contributed by atoms with E-state index >= 15 is 0 Å². The number of hydrogen-bond donors (Lipinski definition) is 2. The summed E-state index contributed by atoms with van der Waals surface area (Å²) in [7, 11) is 0. The summed E-state index contributed by atoms with van der Waals surface area (Å²) >= 11 is 0. The average molecular weight is 237 g/mol. The highest BCUT2D eigenvalue weighted by molar-refractivity contribution is 5.89. The number of nitrogens with one attached hydrogen (secondary N) is 1. The lowest BCUT2D eigenvalue weighted by Gasteiger charge is -2.12. The van der Waals surface area contributed by atoms with Crippen LogP contribution in [0.3, 0.4) is 0 Å². The van der Waals surface area contributed by atoms with Gasteiger partial charge in [0.05, 0.1) is 5.56 Å². The maximum atomic E-state index is 13.6. The van der Waals surface area contributed by atoms with Crippen molar-refractivity contribution in [2.75, 3.05) is 6.54 Å². The molecular formula is C13H16FNO2. The Bertz CT molecular complexity index is 439. The molecule has 0 saturated carbocycles. The Hall–Kier alpha value is -1.42. The fourth-order valence-corrected chi connectivity index (χ4v) is 2.29. The van der Waals surface area contributed by atoms with Crippen molar-refractivity contribution in [3.8, 4) is 0 Å². The molecule has 0 radical (unpaired) electrons. The first-order valence-electron chi connectivity index (χ1n) is 5.83. The number of aromatic carboxylic acids is 1. The summed E-state index contributed by atoms with van der Waals surface area (Å²) in [5.74, 6) is -1.50. The van der Waals surface area contributed by atoms with Crippen LogP contribution >= 0.6 is 0 Å². The number of carboxylic acids is 1. The first-order chi connectivity index (χ1) is 8.08. The normalized spacial score (nSPS) is 19.5. The zero-order valence-corrected chi connectivity index (χ0v) is 9.79. The number of hydrogen-bond acceptors (Lipinski definition) is 2. The van der Waals surface area contributed by atoms with Crippen molar-refractivity contribution >= 4 is 5.97 Å². The van der Waals surface area contributed by atoms with Gasteiger partial charge in [-0.3, -0.25) is 0 Å². The molecule has 0 aliphatic carbocycles. The third-order valence-corrected chi connectivity index (χ3v) is 3.28. The van der Waals surface area contributed by atoms with Crippen LogP contribution in [-0.2, 0) is 6.42 Å². The van der Waals surface area contributed by atoms with E-state index in [4.69, 9.17) is 5.11 Å². The molecule has 1 aromatic carbocycles. The van der Waals surface area contributed by atoms with Crippen molar-refractivity contribution < 1.29 is 14.3 Å². The van der Waals surface area contributed by atoms with Crippen molar-refractivity contribution in [2.45, 2.75) is 32.2 Å². The highest BCUT2D eigenvalue weighted by atomic mass is 19.1. The molecule has 0 spiro atoms. The Morgan fingerprint density at radius 1 is 1.59 bits per heavy atom. The first kappa shape index (κ1) is 12.0. The fourth-order valence-electron chi connectivity index (χ4n) is 2.29. The van der Waals surface area contributed by atoms with Crippen molar-refractivity contribution in [1.29, 1.82) is 0 Å². The molecule has 92 valence electrons. The molecule has 1 unspecified atom stereocenters. The Balaban J connectivity index is 2.25. The van der Waals surface area contributed by atoms with E-state index < -0.39 is 11.8 Å². The van der Waals surface area contributed by atoms with Crippen LogP contribution in [-0.4, -0.2) is 23.7 Å². The van der Waals surface area contributed by atoms with Gasteiger partial charge in [-0.1, -0.05) is 0 Å². The van der Waals surface area contributed by atoms with Crippen LogP contribution in [0.5, 0.6) is 0 Å². The van der Waals surface area contributed by atoms with E-state index in [1.807, 2.05) is 0 Å². The van der Waals surface area contributed by atoms with Gasteiger partial charge in [0, 0.05) is 6.04 Å². The summed E-state index contributed by atoms with van der Waals surface area (Å²) in [5.41, 5.74) is 1.03. The van der Waals surface area contributed by atoms with Crippen LogP contribution in [0.1, 0.15) is 34.3 Å². The van der Waals surface area contributed by atoms with Crippen LogP contribution in [0.25, 0.3) is 0 Å². The van der Waals surface area contributed by atoms with Crippen LogP contribution in [0.4, 0.5) is 4.39 Å². The first-order valence-corrected chi connectivity index (χ1v) is 5.83. The van der Waals surface area contributed by atoms with Gasteiger partial charge < -0.3 is 10.4 Å². The number of carbonyl (C=O) groups is 1. The second-order valence-corrected chi connectivity index (χ2v) is 4.55. The summed E-state index contributed by atoms with van der Waals surface area (Å²) in [6.45, 7) is 2.49. The third kappa shape index (κ3) is 2.64. The van der Waals surface area contributed by atoms with Gasteiger partial charge in [-0.15, -0.1) is 0 Å². The quantitative estimate of drug-likeness (QED) is 0.846.